The Morgan fingerprint density at radius 1 is 1.25 bits per heavy atom. The van der Waals surface area contributed by atoms with Gasteiger partial charge in [0.1, 0.15) is 17.2 Å². The van der Waals surface area contributed by atoms with Crippen LogP contribution in [-0.2, 0) is 16.0 Å². The predicted molar refractivity (Wildman–Crippen MR) is 76.1 cm³/mol. The van der Waals surface area contributed by atoms with E-state index in [1.165, 1.54) is 6.07 Å². The molecule has 0 heterocycles. The summed E-state index contributed by atoms with van der Waals surface area (Å²) in [5.41, 5.74) is 0.306. The van der Waals surface area contributed by atoms with Gasteiger partial charge in [-0.15, -0.1) is 0 Å². The van der Waals surface area contributed by atoms with Crippen molar-refractivity contribution in [2.24, 2.45) is 0 Å². The van der Waals surface area contributed by atoms with E-state index in [-0.39, 0.29) is 11.7 Å². The Kier molecular flexibility index (Phi) is 5.99. The van der Waals surface area contributed by atoms with Crippen molar-refractivity contribution >= 4 is 5.97 Å². The molecule has 0 amide bonds. The van der Waals surface area contributed by atoms with Gasteiger partial charge in [-0.1, -0.05) is 12.5 Å². The van der Waals surface area contributed by atoms with E-state index in [9.17, 15) is 14.3 Å². The van der Waals surface area contributed by atoms with Crippen molar-refractivity contribution in [1.29, 1.82) is 0 Å². The highest BCUT2D eigenvalue weighted by molar-refractivity contribution is 5.69. The van der Waals surface area contributed by atoms with Crippen molar-refractivity contribution in [3.8, 4) is 5.75 Å². The third-order valence-corrected chi connectivity index (χ3v) is 2.79. The van der Waals surface area contributed by atoms with Crippen LogP contribution in [0.3, 0.4) is 0 Å². The van der Waals surface area contributed by atoms with Crippen LogP contribution in [0.1, 0.15) is 52.0 Å². The van der Waals surface area contributed by atoms with Crippen LogP contribution in [0, 0.1) is 5.82 Å². The lowest BCUT2D eigenvalue weighted by Crippen LogP contribution is -2.23. The van der Waals surface area contributed by atoms with E-state index in [1.807, 2.05) is 20.8 Å². The number of unbranched alkanes of at least 4 members (excludes halogenated alkanes) is 2. The smallest absolute Gasteiger partial charge is 0.306 e. The Labute approximate surface area is 119 Å². The summed E-state index contributed by atoms with van der Waals surface area (Å²) >= 11 is 0. The second-order valence-electron chi connectivity index (χ2n) is 5.92. The largest absolute Gasteiger partial charge is 0.508 e. The van der Waals surface area contributed by atoms with Gasteiger partial charge in [0, 0.05) is 12.5 Å². The lowest BCUT2D eigenvalue weighted by atomic mass is 10.1. The van der Waals surface area contributed by atoms with Gasteiger partial charge in [0.15, 0.2) is 0 Å². The third kappa shape index (κ3) is 6.55. The molecule has 0 unspecified atom stereocenters. The zero-order chi connectivity index (χ0) is 15.2. The maximum Gasteiger partial charge on any atom is 0.306 e. The van der Waals surface area contributed by atoms with Gasteiger partial charge in [-0.3, -0.25) is 4.79 Å². The molecule has 0 atom stereocenters. The zero-order valence-electron chi connectivity index (χ0n) is 12.4. The molecule has 0 saturated heterocycles. The number of carbonyl (C=O) groups is 1. The number of aromatic hydroxyl groups is 1. The molecule has 0 bridgehead atoms. The number of esters is 1. The lowest BCUT2D eigenvalue weighted by Gasteiger charge is -2.19. The van der Waals surface area contributed by atoms with Gasteiger partial charge < -0.3 is 9.84 Å². The molecule has 0 aromatic heterocycles. The predicted octanol–water partition coefficient (Wildman–Crippen LogP) is 3.98. The molecule has 1 N–H and O–H groups in total. The fourth-order valence-electron chi connectivity index (χ4n) is 1.90. The number of rotatable bonds is 6. The van der Waals surface area contributed by atoms with Gasteiger partial charge in [0.05, 0.1) is 0 Å². The van der Waals surface area contributed by atoms with E-state index in [1.54, 1.807) is 6.07 Å². The Bertz CT molecular complexity index is 450. The van der Waals surface area contributed by atoms with Gasteiger partial charge in [-0.2, -0.15) is 0 Å². The number of aryl methyl sites for hydroxylation is 1. The topological polar surface area (TPSA) is 46.5 Å². The lowest BCUT2D eigenvalue weighted by molar-refractivity contribution is -0.154. The summed E-state index contributed by atoms with van der Waals surface area (Å²) in [5, 5.41) is 9.55. The van der Waals surface area contributed by atoms with E-state index >= 15 is 0 Å². The van der Waals surface area contributed by atoms with Crippen LogP contribution in [0.2, 0.25) is 0 Å². The molecule has 0 aliphatic heterocycles. The SMILES string of the molecule is CC(C)(C)OC(=O)CCCCCc1ccc(F)cc1O. The summed E-state index contributed by atoms with van der Waals surface area (Å²) in [5.74, 6) is -0.615. The highest BCUT2D eigenvalue weighted by Gasteiger charge is 2.15. The second kappa shape index (κ2) is 7.27. The minimum absolute atomic E-state index is 0.00265. The van der Waals surface area contributed by atoms with E-state index in [0.29, 0.717) is 12.8 Å². The molecule has 4 heteroatoms. The van der Waals surface area contributed by atoms with Crippen LogP contribution < -0.4 is 0 Å². The van der Waals surface area contributed by atoms with E-state index in [4.69, 9.17) is 4.74 Å². The first-order chi connectivity index (χ1) is 9.28. The van der Waals surface area contributed by atoms with Gasteiger partial charge >= 0.3 is 5.97 Å². The van der Waals surface area contributed by atoms with E-state index in [0.717, 1.165) is 30.9 Å². The van der Waals surface area contributed by atoms with Crippen molar-refractivity contribution < 1.29 is 19.0 Å². The van der Waals surface area contributed by atoms with Gasteiger partial charge in [0.2, 0.25) is 0 Å². The molecule has 0 aliphatic rings. The number of ether oxygens (including phenoxy) is 1. The maximum atomic E-state index is 12.8. The normalized spacial score (nSPS) is 11.4. The minimum Gasteiger partial charge on any atom is -0.508 e. The Morgan fingerprint density at radius 3 is 2.55 bits per heavy atom. The molecule has 112 valence electrons. The first-order valence-electron chi connectivity index (χ1n) is 6.97. The molecule has 1 aromatic rings. The van der Waals surface area contributed by atoms with Crippen LogP contribution in [0.5, 0.6) is 5.75 Å². The molecule has 1 aromatic carbocycles. The summed E-state index contributed by atoms with van der Waals surface area (Å²) in [6.07, 6.45) is 3.57. The van der Waals surface area contributed by atoms with Gasteiger partial charge in [0.25, 0.3) is 0 Å². The number of phenols is 1. The average Bonchev–Trinajstić information content (AvgIpc) is 2.28. The van der Waals surface area contributed by atoms with Crippen molar-refractivity contribution in [3.63, 3.8) is 0 Å². The molecule has 20 heavy (non-hydrogen) atoms. The Hall–Kier alpha value is -1.58. The Balaban J connectivity index is 2.21. The van der Waals surface area contributed by atoms with Crippen LogP contribution in [-0.4, -0.2) is 16.7 Å². The van der Waals surface area contributed by atoms with E-state index in [2.05, 4.69) is 0 Å². The van der Waals surface area contributed by atoms with Crippen molar-refractivity contribution in [2.45, 2.75) is 58.5 Å². The Morgan fingerprint density at radius 2 is 1.95 bits per heavy atom. The number of hydrogen-bond donors (Lipinski definition) is 1. The zero-order valence-corrected chi connectivity index (χ0v) is 12.4. The molecule has 0 spiro atoms. The average molecular weight is 282 g/mol. The number of phenolic OH excluding ortho intramolecular Hbond substituents is 1. The summed E-state index contributed by atoms with van der Waals surface area (Å²) in [7, 11) is 0. The standard InChI is InChI=1S/C16H23FO3/c1-16(2,3)20-15(19)8-6-4-5-7-12-9-10-13(17)11-14(12)18/h9-11,18H,4-8H2,1-3H3. The molecular weight excluding hydrogens is 259 g/mol. The number of hydrogen-bond acceptors (Lipinski definition) is 3. The first kappa shape index (κ1) is 16.5. The van der Waals surface area contributed by atoms with Crippen molar-refractivity contribution in [2.75, 3.05) is 0 Å². The van der Waals surface area contributed by atoms with Crippen molar-refractivity contribution in [3.05, 3.63) is 29.6 Å². The summed E-state index contributed by atoms with van der Waals surface area (Å²) < 4.78 is 18.0. The fraction of sp³-hybridized carbons (Fsp3) is 0.562. The fourth-order valence-corrected chi connectivity index (χ4v) is 1.90. The monoisotopic (exact) mass is 282 g/mol. The van der Waals surface area contributed by atoms with Crippen LogP contribution in [0.25, 0.3) is 0 Å². The molecule has 0 saturated carbocycles. The van der Waals surface area contributed by atoms with E-state index < -0.39 is 11.4 Å². The van der Waals surface area contributed by atoms with Gasteiger partial charge in [-0.25, -0.2) is 4.39 Å². The maximum absolute atomic E-state index is 12.8. The number of benzene rings is 1. The van der Waals surface area contributed by atoms with Crippen LogP contribution in [0.4, 0.5) is 4.39 Å². The molecule has 0 fully saturated rings. The molecule has 3 nitrogen and oxygen atoms in total. The molecular formula is C16H23FO3. The first-order valence-corrected chi connectivity index (χ1v) is 6.97. The third-order valence-electron chi connectivity index (χ3n) is 2.79. The van der Waals surface area contributed by atoms with Gasteiger partial charge in [-0.05, 0) is 51.7 Å². The van der Waals surface area contributed by atoms with Crippen LogP contribution >= 0.6 is 0 Å². The molecule has 0 aliphatic carbocycles. The number of carbonyl (C=O) groups excluding carboxylic acids is 1. The molecule has 0 radical (unpaired) electrons. The quantitative estimate of drug-likeness (QED) is 0.634. The highest BCUT2D eigenvalue weighted by atomic mass is 19.1. The van der Waals surface area contributed by atoms with Crippen LogP contribution in [0.15, 0.2) is 18.2 Å². The second-order valence-corrected chi connectivity index (χ2v) is 5.92. The summed E-state index contributed by atoms with van der Waals surface area (Å²) in [6, 6.07) is 4.06. The molecule has 1 rings (SSSR count). The summed E-state index contributed by atoms with van der Waals surface area (Å²) in [6.45, 7) is 5.55. The number of halogens is 1. The highest BCUT2D eigenvalue weighted by Crippen LogP contribution is 2.20. The minimum atomic E-state index is -0.434. The van der Waals surface area contributed by atoms with Crippen molar-refractivity contribution in [1.82, 2.24) is 0 Å². The summed E-state index contributed by atoms with van der Waals surface area (Å²) in [4.78, 5) is 11.5.